The van der Waals surface area contributed by atoms with Gasteiger partial charge in [0.05, 0.1) is 13.2 Å². The molecule has 0 unspecified atom stereocenters. The van der Waals surface area contributed by atoms with Gasteiger partial charge in [0, 0.05) is 24.7 Å². The average molecular weight is 195 g/mol. The van der Waals surface area contributed by atoms with Crippen LogP contribution in [-0.2, 0) is 9.53 Å². The van der Waals surface area contributed by atoms with E-state index in [9.17, 15) is 4.79 Å². The number of ketones is 1. The summed E-state index contributed by atoms with van der Waals surface area (Å²) in [5, 5.41) is 3.18. The Morgan fingerprint density at radius 3 is 3.00 bits per heavy atom. The maximum absolute atomic E-state index is 10.9. The summed E-state index contributed by atoms with van der Waals surface area (Å²) in [7, 11) is 0. The number of allylic oxidation sites excluding steroid dienone is 2. The standard InChI is InChI=1S/C11H17NO2/c1-2-3-7-14-8-6-12-10-4-5-11(13)9-10/h2,9,12H,1,3-8H2. The Bertz CT molecular complexity index is 233. The molecule has 1 N–H and O–H groups in total. The van der Waals surface area contributed by atoms with Crippen LogP contribution in [0.1, 0.15) is 19.3 Å². The summed E-state index contributed by atoms with van der Waals surface area (Å²) < 4.78 is 5.31. The fourth-order valence-corrected chi connectivity index (χ4v) is 1.29. The summed E-state index contributed by atoms with van der Waals surface area (Å²) in [5.74, 6) is 0.222. The maximum atomic E-state index is 10.9. The molecule has 0 aromatic heterocycles. The van der Waals surface area contributed by atoms with E-state index in [1.54, 1.807) is 6.08 Å². The van der Waals surface area contributed by atoms with Crippen LogP contribution >= 0.6 is 0 Å². The van der Waals surface area contributed by atoms with Crippen LogP contribution < -0.4 is 5.32 Å². The van der Waals surface area contributed by atoms with Crippen LogP contribution in [0.15, 0.2) is 24.4 Å². The molecule has 0 bridgehead atoms. The normalized spacial score (nSPS) is 15.4. The highest BCUT2D eigenvalue weighted by molar-refractivity contribution is 5.92. The van der Waals surface area contributed by atoms with Gasteiger partial charge in [0.2, 0.25) is 0 Å². The van der Waals surface area contributed by atoms with Crippen molar-refractivity contribution < 1.29 is 9.53 Å². The third-order valence-corrected chi connectivity index (χ3v) is 2.04. The smallest absolute Gasteiger partial charge is 0.157 e. The van der Waals surface area contributed by atoms with Crippen molar-refractivity contribution in [1.82, 2.24) is 5.32 Å². The second kappa shape index (κ2) is 6.38. The van der Waals surface area contributed by atoms with E-state index >= 15 is 0 Å². The van der Waals surface area contributed by atoms with Gasteiger partial charge < -0.3 is 10.1 Å². The number of rotatable bonds is 7. The van der Waals surface area contributed by atoms with Gasteiger partial charge in [-0.25, -0.2) is 0 Å². The number of carbonyl (C=O) groups is 1. The lowest BCUT2D eigenvalue weighted by atomic mass is 10.3. The van der Waals surface area contributed by atoms with Gasteiger partial charge in [-0.3, -0.25) is 4.79 Å². The van der Waals surface area contributed by atoms with E-state index in [4.69, 9.17) is 4.74 Å². The second-order valence-corrected chi connectivity index (χ2v) is 3.25. The molecule has 1 rings (SSSR count). The predicted molar refractivity (Wildman–Crippen MR) is 56.0 cm³/mol. The van der Waals surface area contributed by atoms with Crippen LogP contribution in [0.5, 0.6) is 0 Å². The van der Waals surface area contributed by atoms with Crippen LogP contribution in [-0.4, -0.2) is 25.5 Å². The monoisotopic (exact) mass is 195 g/mol. The summed E-state index contributed by atoms with van der Waals surface area (Å²) in [6.45, 7) is 5.79. The number of nitrogens with one attached hydrogen (secondary N) is 1. The Labute approximate surface area is 84.8 Å². The quantitative estimate of drug-likeness (QED) is 0.493. The van der Waals surface area contributed by atoms with E-state index in [0.717, 1.165) is 31.7 Å². The molecule has 0 amide bonds. The van der Waals surface area contributed by atoms with E-state index in [-0.39, 0.29) is 5.78 Å². The first-order valence-electron chi connectivity index (χ1n) is 4.99. The van der Waals surface area contributed by atoms with Crippen LogP contribution in [0.2, 0.25) is 0 Å². The molecule has 0 spiro atoms. The molecule has 78 valence electrons. The molecule has 1 aliphatic rings. The van der Waals surface area contributed by atoms with Crippen LogP contribution in [0.4, 0.5) is 0 Å². The van der Waals surface area contributed by atoms with Crippen LogP contribution in [0.3, 0.4) is 0 Å². The second-order valence-electron chi connectivity index (χ2n) is 3.25. The summed E-state index contributed by atoms with van der Waals surface area (Å²) in [5.41, 5.74) is 1.04. The minimum Gasteiger partial charge on any atom is -0.386 e. The SMILES string of the molecule is C=CCCOCCNC1=CC(=O)CC1. The van der Waals surface area contributed by atoms with Gasteiger partial charge in [-0.15, -0.1) is 6.58 Å². The molecule has 3 nitrogen and oxygen atoms in total. The molecule has 0 aliphatic heterocycles. The average Bonchev–Trinajstić information content (AvgIpc) is 2.58. The summed E-state index contributed by atoms with van der Waals surface area (Å²) >= 11 is 0. The molecule has 0 radical (unpaired) electrons. The highest BCUT2D eigenvalue weighted by Crippen LogP contribution is 2.10. The first-order chi connectivity index (χ1) is 6.83. The first kappa shape index (κ1) is 11.0. The van der Waals surface area contributed by atoms with Gasteiger partial charge in [-0.1, -0.05) is 6.08 Å². The molecule has 0 heterocycles. The fraction of sp³-hybridized carbons (Fsp3) is 0.545. The maximum Gasteiger partial charge on any atom is 0.157 e. The van der Waals surface area contributed by atoms with E-state index in [1.807, 2.05) is 6.08 Å². The Morgan fingerprint density at radius 2 is 2.36 bits per heavy atom. The molecule has 0 saturated carbocycles. The Morgan fingerprint density at radius 1 is 1.50 bits per heavy atom. The number of hydrogen-bond acceptors (Lipinski definition) is 3. The molecule has 0 aromatic carbocycles. The number of carbonyl (C=O) groups excluding carboxylic acids is 1. The summed E-state index contributed by atoms with van der Waals surface area (Å²) in [6.07, 6.45) is 5.92. The molecule has 0 aromatic rings. The zero-order chi connectivity index (χ0) is 10.2. The third-order valence-electron chi connectivity index (χ3n) is 2.04. The predicted octanol–water partition coefficient (Wildman–Crippen LogP) is 1.42. The van der Waals surface area contributed by atoms with Crippen LogP contribution in [0.25, 0.3) is 0 Å². The van der Waals surface area contributed by atoms with Crippen molar-refractivity contribution in [3.63, 3.8) is 0 Å². The van der Waals surface area contributed by atoms with Crippen molar-refractivity contribution in [2.45, 2.75) is 19.3 Å². The molecule has 0 atom stereocenters. The van der Waals surface area contributed by atoms with E-state index < -0.39 is 0 Å². The lowest BCUT2D eigenvalue weighted by Gasteiger charge is -2.06. The first-order valence-corrected chi connectivity index (χ1v) is 4.99. The van der Waals surface area contributed by atoms with Crippen molar-refractivity contribution in [3.05, 3.63) is 24.4 Å². The van der Waals surface area contributed by atoms with Crippen molar-refractivity contribution in [3.8, 4) is 0 Å². The number of hydrogen-bond donors (Lipinski definition) is 1. The van der Waals surface area contributed by atoms with Gasteiger partial charge in [-0.05, 0) is 12.8 Å². The highest BCUT2D eigenvalue weighted by Gasteiger charge is 2.10. The molecule has 0 fully saturated rings. The highest BCUT2D eigenvalue weighted by atomic mass is 16.5. The van der Waals surface area contributed by atoms with E-state index in [2.05, 4.69) is 11.9 Å². The van der Waals surface area contributed by atoms with Crippen LogP contribution in [0, 0.1) is 0 Å². The summed E-state index contributed by atoms with van der Waals surface area (Å²) in [4.78, 5) is 10.9. The molecule has 0 saturated heterocycles. The van der Waals surface area contributed by atoms with E-state index in [1.165, 1.54) is 0 Å². The van der Waals surface area contributed by atoms with Crippen molar-refractivity contribution in [1.29, 1.82) is 0 Å². The minimum absolute atomic E-state index is 0.222. The van der Waals surface area contributed by atoms with Gasteiger partial charge in [-0.2, -0.15) is 0 Å². The van der Waals surface area contributed by atoms with Crippen molar-refractivity contribution in [2.75, 3.05) is 19.8 Å². The van der Waals surface area contributed by atoms with Crippen molar-refractivity contribution in [2.24, 2.45) is 0 Å². The molecule has 1 aliphatic carbocycles. The Kier molecular flexibility index (Phi) is 5.00. The zero-order valence-corrected chi connectivity index (χ0v) is 8.42. The van der Waals surface area contributed by atoms with E-state index in [0.29, 0.717) is 13.0 Å². The molecule has 3 heteroatoms. The fourth-order valence-electron chi connectivity index (χ4n) is 1.29. The van der Waals surface area contributed by atoms with Gasteiger partial charge in [0.25, 0.3) is 0 Å². The topological polar surface area (TPSA) is 38.3 Å². The van der Waals surface area contributed by atoms with Gasteiger partial charge in [0.15, 0.2) is 5.78 Å². The Hall–Kier alpha value is -1.09. The molecular formula is C11H17NO2. The molecular weight excluding hydrogens is 178 g/mol. The van der Waals surface area contributed by atoms with Crippen molar-refractivity contribution >= 4 is 5.78 Å². The largest absolute Gasteiger partial charge is 0.386 e. The lowest BCUT2D eigenvalue weighted by molar-refractivity contribution is -0.114. The molecule has 14 heavy (non-hydrogen) atoms. The zero-order valence-electron chi connectivity index (χ0n) is 8.42. The lowest BCUT2D eigenvalue weighted by Crippen LogP contribution is -2.18. The summed E-state index contributed by atoms with van der Waals surface area (Å²) in [6, 6.07) is 0. The third kappa shape index (κ3) is 4.23. The number of ether oxygens (including phenoxy) is 1. The Balaban J connectivity index is 1.96. The minimum atomic E-state index is 0.222. The van der Waals surface area contributed by atoms with Gasteiger partial charge >= 0.3 is 0 Å². The van der Waals surface area contributed by atoms with Gasteiger partial charge in [0.1, 0.15) is 0 Å².